The van der Waals surface area contributed by atoms with Crippen molar-refractivity contribution in [2.45, 2.75) is 45.8 Å². The van der Waals surface area contributed by atoms with Crippen LogP contribution in [0.2, 0.25) is 0 Å². The summed E-state index contributed by atoms with van der Waals surface area (Å²) < 4.78 is 117. The van der Waals surface area contributed by atoms with Crippen molar-refractivity contribution >= 4 is 44.9 Å². The number of hydrogen-bond acceptors (Lipinski definition) is 9. The normalized spacial score (nSPS) is 11.3. The van der Waals surface area contributed by atoms with Gasteiger partial charge in [-0.25, -0.2) is 27.4 Å². The lowest BCUT2D eigenvalue weighted by molar-refractivity contribution is -0.193. The minimum absolute atomic E-state index is 0.0483. The van der Waals surface area contributed by atoms with Crippen LogP contribution in [0, 0.1) is 11.2 Å². The maximum Gasteiger partial charge on any atom is 0.490 e. The number of H-pyrrole nitrogens is 1. The predicted octanol–water partition coefficient (Wildman–Crippen LogP) is 6.66. The molecule has 22 heteroatoms. The van der Waals surface area contributed by atoms with Crippen molar-refractivity contribution in [2.75, 3.05) is 22.5 Å². The number of nitrogens with one attached hydrogen (secondary N) is 3. The average molecular weight is 809 g/mol. The molecule has 0 fully saturated rings. The number of nitrogen functional groups attached to an aromatic ring is 1. The van der Waals surface area contributed by atoms with E-state index in [1.165, 1.54) is 6.07 Å². The van der Waals surface area contributed by atoms with E-state index in [1.54, 1.807) is 65.7 Å². The molecule has 4 aromatic rings. The van der Waals surface area contributed by atoms with E-state index in [4.69, 9.17) is 40.4 Å². The van der Waals surface area contributed by atoms with Crippen molar-refractivity contribution in [3.8, 4) is 22.8 Å². The fraction of sp³-hybridized carbons (Fsp3) is 0.273. The summed E-state index contributed by atoms with van der Waals surface area (Å²) >= 11 is 0. The highest BCUT2D eigenvalue weighted by Gasteiger charge is 2.39. The van der Waals surface area contributed by atoms with Gasteiger partial charge in [-0.2, -0.15) is 26.3 Å². The molecule has 1 aromatic heterocycles. The number of imidazole rings is 1. The van der Waals surface area contributed by atoms with E-state index >= 15 is 4.39 Å². The first kappa shape index (κ1) is 45.1. The number of aromatic nitrogens is 2. The molecular formula is C33H35F7N6O8S. The molecule has 0 aliphatic carbocycles. The molecule has 3 aromatic carbocycles. The van der Waals surface area contributed by atoms with Gasteiger partial charge in [-0.15, -0.1) is 0 Å². The fourth-order valence-corrected chi connectivity index (χ4v) is 4.79. The molecule has 1 heterocycles. The minimum Gasteiger partial charge on any atom is -0.494 e. The molecule has 0 radical (unpaired) electrons. The number of hydrogen-bond donors (Lipinski definition) is 6. The highest BCUT2D eigenvalue weighted by molar-refractivity contribution is 7.92. The largest absolute Gasteiger partial charge is 0.494 e. The van der Waals surface area contributed by atoms with Crippen LogP contribution >= 0.6 is 0 Å². The molecule has 0 bridgehead atoms. The van der Waals surface area contributed by atoms with Gasteiger partial charge in [0.15, 0.2) is 11.6 Å². The second kappa shape index (κ2) is 18.8. The van der Waals surface area contributed by atoms with Crippen LogP contribution in [0.1, 0.15) is 32.2 Å². The van der Waals surface area contributed by atoms with Crippen LogP contribution in [-0.4, -0.2) is 77.7 Å². The van der Waals surface area contributed by atoms with Crippen LogP contribution in [0.15, 0.2) is 66.9 Å². The monoisotopic (exact) mass is 808 g/mol. The zero-order valence-electron chi connectivity index (χ0n) is 29.2. The summed E-state index contributed by atoms with van der Waals surface area (Å²) in [6.45, 7) is 5.94. The van der Waals surface area contributed by atoms with E-state index in [0.29, 0.717) is 46.4 Å². The summed E-state index contributed by atoms with van der Waals surface area (Å²) in [6, 6.07) is 16.9. The molecule has 0 spiro atoms. The predicted molar refractivity (Wildman–Crippen MR) is 187 cm³/mol. The van der Waals surface area contributed by atoms with Crippen LogP contribution in [-0.2, 0) is 26.2 Å². The first-order valence-corrected chi connectivity index (χ1v) is 17.3. The molecular weight excluding hydrogens is 773 g/mol. The standard InChI is InChI=1S/C29H33FN6O4S.2C2HF3O2/c1-5-39-21-14-25(28(30)26(15-21)40-18(2)3)36(20-12-10-19(11-13-20)29(31)32)17-27-33-16-24(34-27)22-8-6-7-9-23(22)35-41(4,37)38;2*3-2(4,5)1(6)7/h6-16,18,35H,5,17H2,1-4H3,(H3,31,32)(H,33,34);2*(H,6,7). The van der Waals surface area contributed by atoms with Crippen LogP contribution in [0.3, 0.4) is 0 Å². The number of para-hydroxylation sites is 1. The number of anilines is 3. The van der Waals surface area contributed by atoms with Crippen LogP contribution in [0.25, 0.3) is 11.3 Å². The summed E-state index contributed by atoms with van der Waals surface area (Å²) in [5.41, 5.74) is 8.54. The van der Waals surface area contributed by atoms with Gasteiger partial charge in [-0.1, -0.05) is 18.2 Å². The number of benzene rings is 3. The Bertz CT molecular complexity index is 2030. The Morgan fingerprint density at radius 1 is 1.00 bits per heavy atom. The second-order valence-corrected chi connectivity index (χ2v) is 12.9. The Morgan fingerprint density at radius 3 is 2.02 bits per heavy atom. The SMILES string of the molecule is CCOc1cc(OC(C)C)c(F)c(N(Cc2ncc(-c3ccccc3NS(C)(=O)=O)[nH]2)c2ccc(C(=N)N)cc2)c1.O=C(O)C(F)(F)F.O=C(O)C(F)(F)F. The first-order valence-electron chi connectivity index (χ1n) is 15.4. The van der Waals surface area contributed by atoms with E-state index < -0.39 is 40.1 Å². The maximum absolute atomic E-state index is 16.0. The van der Waals surface area contributed by atoms with Gasteiger partial charge >= 0.3 is 24.3 Å². The minimum atomic E-state index is -5.08. The third-order valence-electron chi connectivity index (χ3n) is 6.38. The Labute approximate surface area is 309 Å². The van der Waals surface area contributed by atoms with Crippen molar-refractivity contribution in [3.63, 3.8) is 0 Å². The van der Waals surface area contributed by atoms with Gasteiger partial charge in [0.2, 0.25) is 10.0 Å². The Kier molecular flexibility index (Phi) is 15.4. The molecule has 0 atom stereocenters. The fourth-order valence-electron chi connectivity index (χ4n) is 4.22. The molecule has 300 valence electrons. The third kappa shape index (κ3) is 14.4. The Balaban J connectivity index is 0.000000633. The molecule has 0 saturated carbocycles. The lowest BCUT2D eigenvalue weighted by Gasteiger charge is -2.26. The molecule has 0 unspecified atom stereocenters. The molecule has 4 rings (SSSR count). The summed E-state index contributed by atoms with van der Waals surface area (Å²) in [7, 11) is -3.51. The highest BCUT2D eigenvalue weighted by atomic mass is 32.2. The molecule has 0 aliphatic rings. The number of aliphatic carboxylic acids is 2. The molecule has 14 nitrogen and oxygen atoms in total. The van der Waals surface area contributed by atoms with Gasteiger partial charge in [0.1, 0.15) is 17.4 Å². The molecule has 55 heavy (non-hydrogen) atoms. The number of rotatable bonds is 12. The zero-order chi connectivity index (χ0) is 41.9. The number of carbonyl (C=O) groups is 2. The van der Waals surface area contributed by atoms with Crippen molar-refractivity contribution < 1.29 is 68.4 Å². The molecule has 0 amide bonds. The highest BCUT2D eigenvalue weighted by Crippen LogP contribution is 2.38. The van der Waals surface area contributed by atoms with Gasteiger partial charge in [0.05, 0.1) is 48.8 Å². The Hall–Kier alpha value is -6.06. The number of ether oxygens (including phenoxy) is 2. The summed E-state index contributed by atoms with van der Waals surface area (Å²) in [5, 5.41) is 22.0. The van der Waals surface area contributed by atoms with Gasteiger partial charge in [-0.3, -0.25) is 10.1 Å². The van der Waals surface area contributed by atoms with Gasteiger partial charge < -0.3 is 35.3 Å². The maximum atomic E-state index is 16.0. The summed E-state index contributed by atoms with van der Waals surface area (Å²) in [4.78, 5) is 27.2. The van der Waals surface area contributed by atoms with Crippen LogP contribution in [0.5, 0.6) is 11.5 Å². The smallest absolute Gasteiger partial charge is 0.490 e. The van der Waals surface area contributed by atoms with Gasteiger partial charge in [0, 0.05) is 28.9 Å². The average Bonchev–Trinajstić information content (AvgIpc) is 3.53. The van der Waals surface area contributed by atoms with Gasteiger partial charge in [0.25, 0.3) is 0 Å². The lowest BCUT2D eigenvalue weighted by Crippen LogP contribution is -2.21. The van der Waals surface area contributed by atoms with E-state index in [0.717, 1.165) is 6.26 Å². The summed E-state index contributed by atoms with van der Waals surface area (Å²) in [5.74, 6) is -5.21. The number of sulfonamides is 1. The number of nitrogens with zero attached hydrogens (tertiary/aromatic N) is 2. The zero-order valence-corrected chi connectivity index (χ0v) is 30.0. The number of halogens is 7. The van der Waals surface area contributed by atoms with E-state index in [9.17, 15) is 34.8 Å². The van der Waals surface area contributed by atoms with Crippen molar-refractivity contribution in [2.24, 2.45) is 5.73 Å². The number of aromatic amines is 1. The van der Waals surface area contributed by atoms with Gasteiger partial charge in [-0.05, 0) is 51.1 Å². The number of amidine groups is 1. The summed E-state index contributed by atoms with van der Waals surface area (Å²) in [6.07, 6.45) is -7.76. The number of carboxylic acids is 2. The van der Waals surface area contributed by atoms with Crippen molar-refractivity contribution in [1.29, 1.82) is 5.41 Å². The van der Waals surface area contributed by atoms with Crippen molar-refractivity contribution in [3.05, 3.63) is 84.1 Å². The molecule has 0 aliphatic heterocycles. The lowest BCUT2D eigenvalue weighted by atomic mass is 10.1. The molecule has 0 saturated heterocycles. The van der Waals surface area contributed by atoms with E-state index in [1.807, 2.05) is 20.8 Å². The first-order chi connectivity index (χ1) is 25.3. The van der Waals surface area contributed by atoms with E-state index in [-0.39, 0.29) is 29.9 Å². The van der Waals surface area contributed by atoms with Crippen LogP contribution in [0.4, 0.5) is 47.8 Å². The second-order valence-electron chi connectivity index (χ2n) is 11.2. The topological polar surface area (TPSA) is 221 Å². The van der Waals surface area contributed by atoms with Crippen molar-refractivity contribution in [1.82, 2.24) is 9.97 Å². The van der Waals surface area contributed by atoms with Crippen LogP contribution < -0.4 is 24.8 Å². The Morgan fingerprint density at radius 2 is 1.55 bits per heavy atom. The van der Waals surface area contributed by atoms with E-state index in [2.05, 4.69) is 14.7 Å². The number of nitrogens with two attached hydrogens (primary N) is 1. The third-order valence-corrected chi connectivity index (χ3v) is 6.97. The number of carboxylic acid groups (broad SMARTS) is 2. The molecule has 7 N–H and O–H groups in total. The quantitative estimate of drug-likeness (QED) is 0.0505. The number of alkyl halides is 6.